The topological polar surface area (TPSA) is 57.3 Å². The van der Waals surface area contributed by atoms with Crippen LogP contribution in [0.25, 0.3) is 0 Å². The summed E-state index contributed by atoms with van der Waals surface area (Å²) >= 11 is 0. The molecule has 0 aliphatic carbocycles. The molecule has 0 saturated heterocycles. The Kier molecular flexibility index (Phi) is 6.89. The van der Waals surface area contributed by atoms with E-state index in [1.54, 1.807) is 7.05 Å². The molecule has 5 heteroatoms. The highest BCUT2D eigenvalue weighted by Gasteiger charge is 2.10. The average Bonchev–Trinajstić information content (AvgIpc) is 2.39. The molecule has 0 fully saturated rings. The minimum absolute atomic E-state index is 0.0382. The highest BCUT2D eigenvalue weighted by molar-refractivity contribution is 5.77. The zero-order valence-corrected chi connectivity index (χ0v) is 12.1. The van der Waals surface area contributed by atoms with Gasteiger partial charge in [-0.1, -0.05) is 13.0 Å². The van der Waals surface area contributed by atoms with Crippen molar-refractivity contribution in [3.8, 4) is 0 Å². The van der Waals surface area contributed by atoms with E-state index in [2.05, 4.69) is 27.4 Å². The molecule has 0 aliphatic rings. The Morgan fingerprint density at radius 1 is 1.37 bits per heavy atom. The lowest BCUT2D eigenvalue weighted by Gasteiger charge is -2.20. The molecule has 1 aromatic rings. The number of likely N-dealkylation sites (N-methyl/N-ethyl adjacent to an activating group) is 1. The Labute approximate surface area is 115 Å². The van der Waals surface area contributed by atoms with Gasteiger partial charge in [-0.05, 0) is 32.0 Å². The van der Waals surface area contributed by atoms with Crippen LogP contribution in [-0.4, -0.2) is 42.5 Å². The smallest absolute Gasteiger partial charge is 0.233 e. The van der Waals surface area contributed by atoms with Crippen LogP contribution >= 0.6 is 0 Å². The van der Waals surface area contributed by atoms with Gasteiger partial charge in [-0.3, -0.25) is 9.69 Å². The first-order valence-corrected chi connectivity index (χ1v) is 6.82. The molecule has 1 heterocycles. The normalized spacial score (nSPS) is 10.5. The van der Waals surface area contributed by atoms with Crippen LogP contribution in [0.15, 0.2) is 18.2 Å². The number of rotatable bonds is 8. The number of carbonyl (C=O) groups is 1. The molecule has 0 aliphatic heterocycles. The fourth-order valence-electron chi connectivity index (χ4n) is 1.89. The van der Waals surface area contributed by atoms with Crippen LogP contribution in [0.3, 0.4) is 0 Å². The first-order valence-electron chi connectivity index (χ1n) is 6.82. The van der Waals surface area contributed by atoms with Gasteiger partial charge in [-0.15, -0.1) is 0 Å². The van der Waals surface area contributed by atoms with E-state index in [1.165, 1.54) is 0 Å². The number of carbonyl (C=O) groups excluding carboxylic acids is 1. The van der Waals surface area contributed by atoms with E-state index in [1.807, 2.05) is 25.1 Å². The SMILES string of the molecule is CCCN(CC(=O)NC)Cc1cccc(NCC)n1. The second kappa shape index (κ2) is 8.48. The number of amides is 1. The van der Waals surface area contributed by atoms with Crippen molar-refractivity contribution in [3.05, 3.63) is 23.9 Å². The van der Waals surface area contributed by atoms with Gasteiger partial charge in [-0.2, -0.15) is 0 Å². The summed E-state index contributed by atoms with van der Waals surface area (Å²) in [4.78, 5) is 18.1. The van der Waals surface area contributed by atoms with E-state index >= 15 is 0 Å². The average molecular weight is 264 g/mol. The lowest BCUT2D eigenvalue weighted by molar-refractivity contribution is -0.121. The molecule has 0 unspecified atom stereocenters. The summed E-state index contributed by atoms with van der Waals surface area (Å²) in [6.07, 6.45) is 1.02. The van der Waals surface area contributed by atoms with E-state index in [9.17, 15) is 4.79 Å². The van der Waals surface area contributed by atoms with Gasteiger partial charge < -0.3 is 10.6 Å². The number of hydrogen-bond acceptors (Lipinski definition) is 4. The van der Waals surface area contributed by atoms with Gasteiger partial charge in [0.25, 0.3) is 0 Å². The highest BCUT2D eigenvalue weighted by atomic mass is 16.1. The fraction of sp³-hybridized carbons (Fsp3) is 0.571. The molecular formula is C14H24N4O. The standard InChI is InChI=1S/C14H24N4O/c1-4-9-18(11-14(19)15-3)10-12-7-6-8-13(17-12)16-5-2/h6-8H,4-5,9-11H2,1-3H3,(H,15,19)(H,16,17). The Bertz CT molecular complexity index is 395. The minimum atomic E-state index is 0.0382. The third kappa shape index (κ3) is 5.70. The van der Waals surface area contributed by atoms with Crippen LogP contribution in [0.2, 0.25) is 0 Å². The summed E-state index contributed by atoms with van der Waals surface area (Å²) in [5.74, 6) is 0.924. The minimum Gasteiger partial charge on any atom is -0.370 e. The third-order valence-corrected chi connectivity index (χ3v) is 2.74. The summed E-state index contributed by atoms with van der Waals surface area (Å²) < 4.78 is 0. The number of hydrogen-bond donors (Lipinski definition) is 2. The summed E-state index contributed by atoms with van der Waals surface area (Å²) in [6, 6.07) is 5.94. The summed E-state index contributed by atoms with van der Waals surface area (Å²) in [5, 5.41) is 5.85. The Morgan fingerprint density at radius 2 is 2.16 bits per heavy atom. The van der Waals surface area contributed by atoms with Crippen molar-refractivity contribution in [2.75, 3.05) is 32.0 Å². The molecule has 0 aromatic carbocycles. The molecule has 5 nitrogen and oxygen atoms in total. The van der Waals surface area contributed by atoms with Crippen LogP contribution in [0.1, 0.15) is 26.0 Å². The first kappa shape index (κ1) is 15.4. The van der Waals surface area contributed by atoms with Gasteiger partial charge in [0.1, 0.15) is 5.82 Å². The number of nitrogens with one attached hydrogen (secondary N) is 2. The third-order valence-electron chi connectivity index (χ3n) is 2.74. The van der Waals surface area contributed by atoms with Crippen molar-refractivity contribution in [1.29, 1.82) is 0 Å². The lowest BCUT2D eigenvalue weighted by atomic mass is 10.3. The van der Waals surface area contributed by atoms with E-state index in [0.717, 1.165) is 31.0 Å². The van der Waals surface area contributed by atoms with Crippen LogP contribution in [0, 0.1) is 0 Å². The Balaban J connectivity index is 2.66. The number of nitrogens with zero attached hydrogens (tertiary/aromatic N) is 2. The predicted molar refractivity (Wildman–Crippen MR) is 78.0 cm³/mol. The van der Waals surface area contributed by atoms with Crippen LogP contribution in [-0.2, 0) is 11.3 Å². The van der Waals surface area contributed by atoms with Gasteiger partial charge in [0, 0.05) is 20.1 Å². The van der Waals surface area contributed by atoms with Gasteiger partial charge >= 0.3 is 0 Å². The lowest BCUT2D eigenvalue weighted by Crippen LogP contribution is -2.35. The second-order valence-electron chi connectivity index (χ2n) is 4.43. The summed E-state index contributed by atoms with van der Waals surface area (Å²) in [6.45, 7) is 7.01. The van der Waals surface area contributed by atoms with Gasteiger partial charge in [0.2, 0.25) is 5.91 Å². The molecule has 0 spiro atoms. The molecule has 0 saturated carbocycles. The number of aromatic nitrogens is 1. The quantitative estimate of drug-likeness (QED) is 0.746. The van der Waals surface area contributed by atoms with Crippen molar-refractivity contribution in [2.45, 2.75) is 26.8 Å². The number of pyridine rings is 1. The summed E-state index contributed by atoms with van der Waals surface area (Å²) in [5.41, 5.74) is 0.982. The van der Waals surface area contributed by atoms with Crippen LogP contribution < -0.4 is 10.6 Å². The summed E-state index contributed by atoms with van der Waals surface area (Å²) in [7, 11) is 1.66. The maximum atomic E-state index is 11.5. The molecule has 0 radical (unpaired) electrons. The van der Waals surface area contributed by atoms with Gasteiger partial charge in [-0.25, -0.2) is 4.98 Å². The Morgan fingerprint density at radius 3 is 2.79 bits per heavy atom. The molecular weight excluding hydrogens is 240 g/mol. The molecule has 2 N–H and O–H groups in total. The second-order valence-corrected chi connectivity index (χ2v) is 4.43. The maximum absolute atomic E-state index is 11.5. The first-order chi connectivity index (χ1) is 9.19. The molecule has 0 atom stereocenters. The predicted octanol–water partition coefficient (Wildman–Crippen LogP) is 1.47. The van der Waals surface area contributed by atoms with Crippen molar-refractivity contribution in [1.82, 2.24) is 15.2 Å². The van der Waals surface area contributed by atoms with E-state index in [4.69, 9.17) is 0 Å². The molecule has 1 aromatic heterocycles. The molecule has 1 rings (SSSR count). The zero-order valence-electron chi connectivity index (χ0n) is 12.1. The van der Waals surface area contributed by atoms with E-state index < -0.39 is 0 Å². The van der Waals surface area contributed by atoms with Gasteiger partial charge in [0.15, 0.2) is 0 Å². The molecule has 0 bridgehead atoms. The fourth-order valence-corrected chi connectivity index (χ4v) is 1.89. The highest BCUT2D eigenvalue weighted by Crippen LogP contribution is 2.07. The van der Waals surface area contributed by atoms with E-state index in [0.29, 0.717) is 13.1 Å². The van der Waals surface area contributed by atoms with Crippen LogP contribution in [0.4, 0.5) is 5.82 Å². The molecule has 1 amide bonds. The zero-order chi connectivity index (χ0) is 14.1. The monoisotopic (exact) mass is 264 g/mol. The Hall–Kier alpha value is -1.62. The largest absolute Gasteiger partial charge is 0.370 e. The number of anilines is 1. The maximum Gasteiger partial charge on any atom is 0.233 e. The molecule has 19 heavy (non-hydrogen) atoms. The van der Waals surface area contributed by atoms with E-state index in [-0.39, 0.29) is 5.91 Å². The van der Waals surface area contributed by atoms with Crippen molar-refractivity contribution >= 4 is 11.7 Å². The van der Waals surface area contributed by atoms with Crippen molar-refractivity contribution in [3.63, 3.8) is 0 Å². The van der Waals surface area contributed by atoms with Crippen molar-refractivity contribution < 1.29 is 4.79 Å². The van der Waals surface area contributed by atoms with Crippen LogP contribution in [0.5, 0.6) is 0 Å². The van der Waals surface area contributed by atoms with Crippen molar-refractivity contribution in [2.24, 2.45) is 0 Å². The van der Waals surface area contributed by atoms with Gasteiger partial charge in [0.05, 0.1) is 12.2 Å². The molecule has 106 valence electrons.